The number of hydrogen-bond acceptors (Lipinski definition) is 4. The summed E-state index contributed by atoms with van der Waals surface area (Å²) in [5.41, 5.74) is 7.57. The van der Waals surface area contributed by atoms with Gasteiger partial charge < -0.3 is 18.9 Å². The van der Waals surface area contributed by atoms with Crippen LogP contribution in [0.15, 0.2) is 24.3 Å². The van der Waals surface area contributed by atoms with Crippen molar-refractivity contribution in [3.63, 3.8) is 0 Å². The molecule has 0 aromatic heterocycles. The van der Waals surface area contributed by atoms with Crippen LogP contribution in [0.25, 0.3) is 0 Å². The van der Waals surface area contributed by atoms with Gasteiger partial charge in [-0.3, -0.25) is 0 Å². The first-order valence-electron chi connectivity index (χ1n) is 14.2. The van der Waals surface area contributed by atoms with Crippen LogP contribution < -0.4 is 9.47 Å². The van der Waals surface area contributed by atoms with E-state index in [1.165, 1.54) is 33.4 Å². The molecule has 2 saturated heterocycles. The Kier molecular flexibility index (Phi) is 8.03. The Bertz CT molecular complexity index is 958. The minimum atomic E-state index is -0.130. The molecule has 2 atom stereocenters. The molecule has 0 amide bonds. The lowest BCUT2D eigenvalue weighted by Crippen LogP contribution is -2.19. The Balaban J connectivity index is 1.70. The molecule has 0 saturated carbocycles. The van der Waals surface area contributed by atoms with Crippen molar-refractivity contribution >= 4 is 0 Å². The Hall–Kier alpha value is -2.04. The molecule has 0 bridgehead atoms. The number of epoxide rings is 2. The maximum absolute atomic E-state index is 6.45. The van der Waals surface area contributed by atoms with Crippen LogP contribution in [0.4, 0.5) is 0 Å². The van der Waals surface area contributed by atoms with Crippen molar-refractivity contribution in [2.45, 2.75) is 111 Å². The summed E-state index contributed by atoms with van der Waals surface area (Å²) >= 11 is 0. The fourth-order valence-electron chi connectivity index (χ4n) is 4.83. The third-order valence-corrected chi connectivity index (χ3v) is 7.63. The van der Waals surface area contributed by atoms with Gasteiger partial charge in [0.2, 0.25) is 0 Å². The molecular formula is C33H48O4. The van der Waals surface area contributed by atoms with Crippen LogP contribution >= 0.6 is 0 Å². The van der Waals surface area contributed by atoms with E-state index in [2.05, 4.69) is 93.5 Å². The molecular weight excluding hydrogens is 460 g/mol. The van der Waals surface area contributed by atoms with Gasteiger partial charge in [0.1, 0.15) is 35.9 Å². The van der Waals surface area contributed by atoms with Crippen molar-refractivity contribution in [1.29, 1.82) is 0 Å². The van der Waals surface area contributed by atoms with Crippen LogP contribution in [-0.4, -0.2) is 37.6 Å². The molecule has 0 aliphatic carbocycles. The second kappa shape index (κ2) is 10.6. The summed E-state index contributed by atoms with van der Waals surface area (Å²) in [4.78, 5) is 0. The van der Waals surface area contributed by atoms with Crippen molar-refractivity contribution in [3.05, 3.63) is 57.6 Å². The summed E-state index contributed by atoms with van der Waals surface area (Å²) in [6.45, 7) is 25.1. The van der Waals surface area contributed by atoms with Gasteiger partial charge in [0.05, 0.1) is 13.2 Å². The van der Waals surface area contributed by atoms with Gasteiger partial charge in [0, 0.05) is 0 Å². The molecule has 4 nitrogen and oxygen atoms in total. The monoisotopic (exact) mass is 508 g/mol. The Morgan fingerprint density at radius 1 is 0.595 bits per heavy atom. The van der Waals surface area contributed by atoms with Crippen molar-refractivity contribution < 1.29 is 18.9 Å². The molecule has 0 N–H and O–H groups in total. The van der Waals surface area contributed by atoms with Crippen molar-refractivity contribution in [2.75, 3.05) is 26.4 Å². The van der Waals surface area contributed by atoms with Crippen LogP contribution in [0, 0.1) is 0 Å². The predicted molar refractivity (Wildman–Crippen MR) is 152 cm³/mol. The van der Waals surface area contributed by atoms with Crippen LogP contribution in [0.1, 0.15) is 126 Å². The summed E-state index contributed by atoms with van der Waals surface area (Å²) < 4.78 is 24.1. The summed E-state index contributed by atoms with van der Waals surface area (Å²) in [7, 11) is 0. The first-order chi connectivity index (χ1) is 17.3. The van der Waals surface area contributed by atoms with Gasteiger partial charge in [-0.1, -0.05) is 79.7 Å². The Morgan fingerprint density at radius 2 is 0.865 bits per heavy atom. The van der Waals surface area contributed by atoms with E-state index in [9.17, 15) is 0 Å². The van der Waals surface area contributed by atoms with Crippen molar-refractivity contribution in [2.24, 2.45) is 0 Å². The fraction of sp³-hybridized carbons (Fsp3) is 0.636. The summed E-state index contributed by atoms with van der Waals surface area (Å²) in [5, 5.41) is 0. The quantitative estimate of drug-likeness (QED) is 0.272. The average Bonchev–Trinajstić information content (AvgIpc) is 3.74. The zero-order valence-electron chi connectivity index (χ0n) is 24.8. The molecule has 2 heterocycles. The lowest BCUT2D eigenvalue weighted by Gasteiger charge is -2.24. The lowest BCUT2D eigenvalue weighted by atomic mass is 9.87. The maximum atomic E-state index is 6.45. The molecule has 2 aliphatic heterocycles. The van der Waals surface area contributed by atoms with Gasteiger partial charge >= 0.3 is 0 Å². The summed E-state index contributed by atoms with van der Waals surface area (Å²) in [6, 6.07) is 9.45. The molecule has 2 aromatic rings. The van der Waals surface area contributed by atoms with Gasteiger partial charge in [-0.2, -0.15) is 0 Å². The molecule has 204 valence electrons. The molecule has 2 unspecified atom stereocenters. The lowest BCUT2D eigenvalue weighted by molar-refractivity contribution is 0.199. The van der Waals surface area contributed by atoms with E-state index in [1.54, 1.807) is 0 Å². The van der Waals surface area contributed by atoms with E-state index in [1.807, 2.05) is 0 Å². The highest BCUT2D eigenvalue weighted by atomic mass is 16.6. The summed E-state index contributed by atoms with van der Waals surface area (Å²) in [6.07, 6.45) is 0.890. The minimum Gasteiger partial charge on any atom is -0.490 e. The first-order valence-corrected chi connectivity index (χ1v) is 14.2. The van der Waals surface area contributed by atoms with Crippen LogP contribution in [0.5, 0.6) is 11.5 Å². The highest BCUT2D eigenvalue weighted by Gasteiger charge is 2.41. The normalized spacial score (nSPS) is 22.9. The van der Waals surface area contributed by atoms with Gasteiger partial charge in [-0.05, 0) is 77.3 Å². The third-order valence-electron chi connectivity index (χ3n) is 7.63. The standard InChI is InChI=1S/C33H48O4/c1-20(2)26-12-24(13-27(21(3)4)30(26)34-16-32(9)18-36-32)11-25-14-28(22(5)6)31(29(15-25)23(7)8)35-17-33(10)19-37-33/h12-15,20-23H,11,16-19H2,1-10H3. The van der Waals surface area contributed by atoms with E-state index in [0.29, 0.717) is 36.9 Å². The van der Waals surface area contributed by atoms with Crippen LogP contribution in [0.3, 0.4) is 0 Å². The van der Waals surface area contributed by atoms with Crippen molar-refractivity contribution in [1.82, 2.24) is 0 Å². The smallest absolute Gasteiger partial charge is 0.126 e. The highest BCUT2D eigenvalue weighted by Crippen LogP contribution is 2.41. The number of ether oxygens (including phenoxy) is 4. The Labute approximate surface area is 225 Å². The minimum absolute atomic E-state index is 0.130. The molecule has 2 aromatic carbocycles. The zero-order valence-corrected chi connectivity index (χ0v) is 24.8. The second-order valence-corrected chi connectivity index (χ2v) is 13.1. The maximum Gasteiger partial charge on any atom is 0.126 e. The van der Waals surface area contributed by atoms with E-state index < -0.39 is 0 Å². The predicted octanol–water partition coefficient (Wildman–Crippen LogP) is 8.11. The van der Waals surface area contributed by atoms with Gasteiger partial charge in [0.15, 0.2) is 0 Å². The molecule has 4 heteroatoms. The van der Waals surface area contributed by atoms with E-state index in [0.717, 1.165) is 31.1 Å². The third kappa shape index (κ3) is 6.70. The Morgan fingerprint density at radius 3 is 1.08 bits per heavy atom. The van der Waals surface area contributed by atoms with E-state index in [-0.39, 0.29) is 11.2 Å². The zero-order chi connectivity index (χ0) is 27.1. The molecule has 4 rings (SSSR count). The molecule has 37 heavy (non-hydrogen) atoms. The topological polar surface area (TPSA) is 43.5 Å². The number of hydrogen-bond donors (Lipinski definition) is 0. The molecule has 0 spiro atoms. The number of rotatable bonds is 12. The second-order valence-electron chi connectivity index (χ2n) is 13.1. The largest absolute Gasteiger partial charge is 0.490 e. The van der Waals surface area contributed by atoms with Crippen LogP contribution in [0.2, 0.25) is 0 Å². The highest BCUT2D eigenvalue weighted by molar-refractivity contribution is 5.52. The summed E-state index contributed by atoms with van der Waals surface area (Å²) in [5.74, 6) is 3.60. The SMILES string of the molecule is CC(C)c1cc(Cc2cc(C(C)C)c(OCC3(C)CO3)c(C(C)C)c2)cc(C(C)C)c1OCC1(C)CO1. The van der Waals surface area contributed by atoms with Gasteiger partial charge in [-0.25, -0.2) is 0 Å². The molecule has 2 fully saturated rings. The van der Waals surface area contributed by atoms with Crippen molar-refractivity contribution in [3.8, 4) is 11.5 Å². The van der Waals surface area contributed by atoms with E-state index in [4.69, 9.17) is 18.9 Å². The van der Waals surface area contributed by atoms with Gasteiger partial charge in [0.25, 0.3) is 0 Å². The first kappa shape index (κ1) is 28.0. The average molecular weight is 509 g/mol. The van der Waals surface area contributed by atoms with Gasteiger partial charge in [-0.15, -0.1) is 0 Å². The van der Waals surface area contributed by atoms with E-state index >= 15 is 0 Å². The number of benzene rings is 2. The molecule has 0 radical (unpaired) electrons. The van der Waals surface area contributed by atoms with Crippen LogP contribution in [-0.2, 0) is 15.9 Å². The molecule has 2 aliphatic rings. The fourth-order valence-corrected chi connectivity index (χ4v) is 4.83.